The number of carbonyl (C=O) groups excluding carboxylic acids is 1. The van der Waals surface area contributed by atoms with Crippen molar-refractivity contribution < 1.29 is 14.3 Å². The van der Waals surface area contributed by atoms with E-state index in [0.717, 1.165) is 42.3 Å². The SMILES string of the molecule is COc1ccc(CN(C(=O)c2cnn3cc(C)ccc23)C2CCCC2)cc1OC. The number of ether oxygens (including phenoxy) is 2. The van der Waals surface area contributed by atoms with Gasteiger partial charge in [0.25, 0.3) is 5.91 Å². The Morgan fingerprint density at radius 2 is 1.90 bits per heavy atom. The number of amides is 1. The fraction of sp³-hybridized carbons (Fsp3) is 0.391. The topological polar surface area (TPSA) is 56.1 Å². The Morgan fingerprint density at radius 1 is 1.14 bits per heavy atom. The van der Waals surface area contributed by atoms with Crippen LogP contribution in [0.15, 0.2) is 42.7 Å². The average molecular weight is 393 g/mol. The van der Waals surface area contributed by atoms with Gasteiger partial charge in [-0.25, -0.2) is 4.52 Å². The van der Waals surface area contributed by atoms with Crippen LogP contribution in [-0.4, -0.2) is 40.7 Å². The normalized spacial score (nSPS) is 14.3. The van der Waals surface area contributed by atoms with Crippen LogP contribution in [0.3, 0.4) is 0 Å². The monoisotopic (exact) mass is 393 g/mol. The molecule has 6 nitrogen and oxygen atoms in total. The summed E-state index contributed by atoms with van der Waals surface area (Å²) in [6, 6.07) is 10.1. The van der Waals surface area contributed by atoms with E-state index in [1.54, 1.807) is 24.9 Å². The van der Waals surface area contributed by atoms with Gasteiger partial charge in [0.2, 0.25) is 0 Å². The molecular weight excluding hydrogens is 366 g/mol. The second-order valence-electron chi connectivity index (χ2n) is 7.66. The van der Waals surface area contributed by atoms with Crippen LogP contribution in [0.1, 0.15) is 47.2 Å². The number of methoxy groups -OCH3 is 2. The molecule has 1 fully saturated rings. The zero-order valence-electron chi connectivity index (χ0n) is 17.2. The van der Waals surface area contributed by atoms with Crippen molar-refractivity contribution in [3.63, 3.8) is 0 Å². The van der Waals surface area contributed by atoms with Crippen LogP contribution in [0.4, 0.5) is 0 Å². The Labute approximate surface area is 171 Å². The van der Waals surface area contributed by atoms with Crippen molar-refractivity contribution >= 4 is 11.4 Å². The van der Waals surface area contributed by atoms with Crippen LogP contribution in [0.5, 0.6) is 11.5 Å². The van der Waals surface area contributed by atoms with Gasteiger partial charge in [-0.05, 0) is 49.1 Å². The Hall–Kier alpha value is -3.02. The number of aryl methyl sites for hydroxylation is 1. The first-order chi connectivity index (χ1) is 14.1. The van der Waals surface area contributed by atoms with E-state index < -0.39 is 0 Å². The number of hydrogen-bond acceptors (Lipinski definition) is 4. The summed E-state index contributed by atoms with van der Waals surface area (Å²) in [6.45, 7) is 2.55. The first kappa shape index (κ1) is 19.3. The minimum absolute atomic E-state index is 0.0329. The summed E-state index contributed by atoms with van der Waals surface area (Å²) in [5.41, 5.74) is 3.63. The maximum atomic E-state index is 13.6. The number of rotatable bonds is 6. The quantitative estimate of drug-likeness (QED) is 0.628. The van der Waals surface area contributed by atoms with Gasteiger partial charge in [0.15, 0.2) is 11.5 Å². The minimum Gasteiger partial charge on any atom is -0.493 e. The van der Waals surface area contributed by atoms with Crippen LogP contribution >= 0.6 is 0 Å². The first-order valence-electron chi connectivity index (χ1n) is 10.1. The lowest BCUT2D eigenvalue weighted by Crippen LogP contribution is -2.38. The summed E-state index contributed by atoms with van der Waals surface area (Å²) in [5, 5.41) is 4.40. The van der Waals surface area contributed by atoms with E-state index in [9.17, 15) is 4.79 Å². The molecule has 1 saturated carbocycles. The Morgan fingerprint density at radius 3 is 2.62 bits per heavy atom. The highest BCUT2D eigenvalue weighted by Gasteiger charge is 2.29. The minimum atomic E-state index is 0.0329. The fourth-order valence-electron chi connectivity index (χ4n) is 4.16. The van der Waals surface area contributed by atoms with Crippen LogP contribution in [0.25, 0.3) is 5.52 Å². The number of carbonyl (C=O) groups is 1. The number of pyridine rings is 1. The largest absolute Gasteiger partial charge is 0.493 e. The molecule has 0 atom stereocenters. The van der Waals surface area contributed by atoms with Crippen molar-refractivity contribution in [2.45, 2.75) is 45.2 Å². The van der Waals surface area contributed by atoms with Crippen LogP contribution in [0, 0.1) is 6.92 Å². The zero-order chi connectivity index (χ0) is 20.4. The predicted molar refractivity (Wildman–Crippen MR) is 112 cm³/mol. The van der Waals surface area contributed by atoms with E-state index in [0.29, 0.717) is 23.6 Å². The second-order valence-corrected chi connectivity index (χ2v) is 7.66. The molecule has 1 aliphatic rings. The summed E-state index contributed by atoms with van der Waals surface area (Å²) in [7, 11) is 3.25. The standard InChI is InChI=1S/C23H27N3O3/c1-16-8-10-20-19(13-24-26(20)14-16)23(27)25(18-6-4-5-7-18)15-17-9-11-21(28-2)22(12-17)29-3/h8-14,18H,4-7,15H2,1-3H3. The fourth-order valence-corrected chi connectivity index (χ4v) is 4.16. The molecule has 3 aromatic rings. The molecule has 0 spiro atoms. The van der Waals surface area contributed by atoms with Crippen LogP contribution in [0.2, 0.25) is 0 Å². The summed E-state index contributed by atoms with van der Waals surface area (Å²) in [5.74, 6) is 1.40. The number of hydrogen-bond donors (Lipinski definition) is 0. The maximum absolute atomic E-state index is 13.6. The van der Waals surface area contributed by atoms with Crippen molar-refractivity contribution in [3.8, 4) is 11.5 Å². The van der Waals surface area contributed by atoms with Crippen LogP contribution in [-0.2, 0) is 6.54 Å². The molecule has 29 heavy (non-hydrogen) atoms. The number of fused-ring (bicyclic) bond motifs is 1. The molecule has 0 N–H and O–H groups in total. The van der Waals surface area contributed by atoms with E-state index in [1.165, 1.54) is 0 Å². The molecule has 0 radical (unpaired) electrons. The van der Waals surface area contributed by atoms with Gasteiger partial charge in [0, 0.05) is 18.8 Å². The van der Waals surface area contributed by atoms with Gasteiger partial charge in [0.05, 0.1) is 31.5 Å². The van der Waals surface area contributed by atoms with E-state index in [2.05, 4.69) is 5.10 Å². The van der Waals surface area contributed by atoms with Gasteiger partial charge in [-0.15, -0.1) is 0 Å². The Balaban J connectivity index is 1.67. The van der Waals surface area contributed by atoms with Gasteiger partial charge >= 0.3 is 0 Å². The van der Waals surface area contributed by atoms with Gasteiger partial charge in [0.1, 0.15) is 0 Å². The molecule has 1 aromatic carbocycles. The predicted octanol–water partition coefficient (Wildman–Crippen LogP) is 4.24. The Kier molecular flexibility index (Phi) is 5.43. The van der Waals surface area contributed by atoms with Crippen molar-refractivity contribution in [1.82, 2.24) is 14.5 Å². The van der Waals surface area contributed by atoms with E-state index >= 15 is 0 Å². The third-order valence-electron chi connectivity index (χ3n) is 5.72. The van der Waals surface area contributed by atoms with Gasteiger partial charge in [-0.3, -0.25) is 4.79 Å². The average Bonchev–Trinajstić information content (AvgIpc) is 3.41. The number of aromatic nitrogens is 2. The van der Waals surface area contributed by atoms with Crippen LogP contribution < -0.4 is 9.47 Å². The van der Waals surface area contributed by atoms with Crippen molar-refractivity contribution in [1.29, 1.82) is 0 Å². The smallest absolute Gasteiger partial charge is 0.258 e. The highest BCUT2D eigenvalue weighted by molar-refractivity contribution is 6.00. The molecule has 0 bridgehead atoms. The lowest BCUT2D eigenvalue weighted by atomic mass is 10.1. The molecule has 6 heteroatoms. The zero-order valence-corrected chi connectivity index (χ0v) is 17.2. The summed E-state index contributed by atoms with van der Waals surface area (Å²) in [6.07, 6.45) is 8.03. The van der Waals surface area contributed by atoms with Gasteiger partial charge in [-0.2, -0.15) is 5.10 Å². The molecule has 0 aliphatic heterocycles. The van der Waals surface area contributed by atoms with Crippen molar-refractivity contribution in [2.75, 3.05) is 14.2 Å². The molecule has 2 heterocycles. The van der Waals surface area contributed by atoms with E-state index in [-0.39, 0.29) is 11.9 Å². The van der Waals surface area contributed by atoms with Gasteiger partial charge in [-0.1, -0.05) is 25.0 Å². The molecule has 4 rings (SSSR count). The molecule has 1 aliphatic carbocycles. The molecule has 152 valence electrons. The van der Waals surface area contributed by atoms with Gasteiger partial charge < -0.3 is 14.4 Å². The molecular formula is C23H27N3O3. The lowest BCUT2D eigenvalue weighted by Gasteiger charge is -2.29. The second kappa shape index (κ2) is 8.15. The van der Waals surface area contributed by atoms with Crippen molar-refractivity contribution in [2.24, 2.45) is 0 Å². The van der Waals surface area contributed by atoms with E-state index in [4.69, 9.17) is 9.47 Å². The first-order valence-corrected chi connectivity index (χ1v) is 10.1. The molecule has 0 saturated heterocycles. The third kappa shape index (κ3) is 3.79. The highest BCUT2D eigenvalue weighted by atomic mass is 16.5. The lowest BCUT2D eigenvalue weighted by molar-refractivity contribution is 0.0666. The van der Waals surface area contributed by atoms with Crippen molar-refractivity contribution in [3.05, 3.63) is 59.4 Å². The summed E-state index contributed by atoms with van der Waals surface area (Å²) < 4.78 is 12.6. The van der Waals surface area contributed by atoms with E-state index in [1.807, 2.05) is 48.4 Å². The number of benzene rings is 1. The summed E-state index contributed by atoms with van der Waals surface area (Å²) in [4.78, 5) is 15.6. The molecule has 0 unspecified atom stereocenters. The summed E-state index contributed by atoms with van der Waals surface area (Å²) >= 11 is 0. The third-order valence-corrected chi connectivity index (χ3v) is 5.72. The number of nitrogens with zero attached hydrogens (tertiary/aromatic N) is 3. The Bertz CT molecular complexity index is 1020. The highest BCUT2D eigenvalue weighted by Crippen LogP contribution is 2.31. The maximum Gasteiger partial charge on any atom is 0.258 e. The molecule has 2 aromatic heterocycles. The molecule has 1 amide bonds.